The molecule has 5 N–H and O–H groups in total. The lowest BCUT2D eigenvalue weighted by atomic mass is 9.83. The first-order chi connectivity index (χ1) is 19.2. The van der Waals surface area contributed by atoms with Gasteiger partial charge < -0.3 is 35.9 Å². The van der Waals surface area contributed by atoms with Crippen LogP contribution in [0.15, 0.2) is 60.8 Å². The Kier molecular flexibility index (Phi) is 8.16. The first-order valence-electron chi connectivity index (χ1n) is 12.6. The first-order valence-corrected chi connectivity index (χ1v) is 13.4. The van der Waals surface area contributed by atoms with Crippen LogP contribution in [0.5, 0.6) is 11.5 Å². The average molecular weight is 585 g/mol. The van der Waals surface area contributed by atoms with Crippen molar-refractivity contribution in [2.24, 2.45) is 17.4 Å². The smallest absolute Gasteiger partial charge is 0.143 e. The third kappa shape index (κ3) is 5.45. The number of anilines is 2. The Hall–Kier alpha value is -3.41. The van der Waals surface area contributed by atoms with Crippen molar-refractivity contribution in [2.75, 3.05) is 46.3 Å². The highest BCUT2D eigenvalue weighted by Crippen LogP contribution is 2.46. The molecule has 0 radical (unpaired) electrons. The number of nitrogens with one attached hydrogen (secondary N) is 1. The SMILES string of the molecule is COc1cc(OC)c(Cl)c(Nc2ncccc2-c2cc(C3(N)C=CC(OCC4CN(C)C4)=CC3N)ncn2)c1Cl. The predicted octanol–water partition coefficient (Wildman–Crippen LogP) is 4.12. The fraction of sp³-hybridized carbons (Fsp3) is 0.321. The summed E-state index contributed by atoms with van der Waals surface area (Å²) in [7, 11) is 5.12. The molecule has 1 saturated heterocycles. The summed E-state index contributed by atoms with van der Waals surface area (Å²) in [5.41, 5.74) is 14.5. The van der Waals surface area contributed by atoms with Crippen LogP contribution in [0.2, 0.25) is 10.0 Å². The summed E-state index contributed by atoms with van der Waals surface area (Å²) in [4.78, 5) is 15.7. The van der Waals surface area contributed by atoms with Crippen molar-refractivity contribution in [3.63, 3.8) is 0 Å². The maximum absolute atomic E-state index is 6.81. The van der Waals surface area contributed by atoms with Crippen LogP contribution in [0.4, 0.5) is 11.5 Å². The van der Waals surface area contributed by atoms with Crippen molar-refractivity contribution in [1.82, 2.24) is 19.9 Å². The lowest BCUT2D eigenvalue weighted by molar-refractivity contribution is 0.0597. The topological polar surface area (TPSA) is 134 Å². The van der Waals surface area contributed by atoms with Crippen molar-refractivity contribution in [3.8, 4) is 22.8 Å². The minimum atomic E-state index is -1.07. The van der Waals surface area contributed by atoms with Gasteiger partial charge in [-0.05, 0) is 37.4 Å². The average Bonchev–Trinajstić information content (AvgIpc) is 2.95. The maximum atomic E-state index is 6.81. The molecule has 0 amide bonds. The van der Waals surface area contributed by atoms with Gasteiger partial charge in [0.2, 0.25) is 0 Å². The number of halogens is 2. The van der Waals surface area contributed by atoms with Gasteiger partial charge in [-0.15, -0.1) is 0 Å². The highest BCUT2D eigenvalue weighted by atomic mass is 35.5. The Morgan fingerprint density at radius 2 is 1.82 bits per heavy atom. The van der Waals surface area contributed by atoms with E-state index in [9.17, 15) is 0 Å². The zero-order valence-electron chi connectivity index (χ0n) is 22.4. The quantitative estimate of drug-likeness (QED) is 0.337. The fourth-order valence-corrected chi connectivity index (χ4v) is 5.36. The Morgan fingerprint density at radius 3 is 2.48 bits per heavy atom. The second-order valence-corrected chi connectivity index (χ2v) is 10.6. The van der Waals surface area contributed by atoms with E-state index >= 15 is 0 Å². The van der Waals surface area contributed by atoms with Gasteiger partial charge >= 0.3 is 0 Å². The summed E-state index contributed by atoms with van der Waals surface area (Å²) < 4.78 is 16.8. The summed E-state index contributed by atoms with van der Waals surface area (Å²) in [6, 6.07) is 6.52. The fourth-order valence-electron chi connectivity index (χ4n) is 4.77. The van der Waals surface area contributed by atoms with E-state index in [1.807, 2.05) is 24.3 Å². The third-order valence-electron chi connectivity index (χ3n) is 7.06. The van der Waals surface area contributed by atoms with Crippen LogP contribution in [-0.4, -0.2) is 66.9 Å². The van der Waals surface area contributed by atoms with Crippen LogP contribution in [0.1, 0.15) is 5.69 Å². The summed E-state index contributed by atoms with van der Waals surface area (Å²) in [6.45, 7) is 2.71. The number of aromatic nitrogens is 3. The number of likely N-dealkylation sites (tertiary alicyclic amines) is 1. The number of methoxy groups -OCH3 is 2. The largest absolute Gasteiger partial charge is 0.495 e. The number of hydrogen-bond acceptors (Lipinski definition) is 10. The molecule has 2 aromatic heterocycles. The molecule has 1 aliphatic heterocycles. The van der Waals surface area contributed by atoms with Crippen molar-refractivity contribution < 1.29 is 14.2 Å². The van der Waals surface area contributed by atoms with E-state index in [1.54, 1.807) is 24.4 Å². The molecule has 12 heteroatoms. The van der Waals surface area contributed by atoms with Crippen molar-refractivity contribution in [2.45, 2.75) is 11.6 Å². The Labute approximate surface area is 242 Å². The molecule has 3 heterocycles. The number of hydrogen-bond donors (Lipinski definition) is 3. The molecule has 2 unspecified atom stereocenters. The van der Waals surface area contributed by atoms with E-state index in [-0.39, 0.29) is 10.0 Å². The van der Waals surface area contributed by atoms with Crippen LogP contribution in [0, 0.1) is 5.92 Å². The number of rotatable bonds is 9. The third-order valence-corrected chi connectivity index (χ3v) is 7.81. The molecular formula is C28H31Cl2N7O3. The number of nitrogens with zero attached hydrogens (tertiary/aromatic N) is 4. The molecule has 210 valence electrons. The van der Waals surface area contributed by atoms with Gasteiger partial charge in [0.25, 0.3) is 0 Å². The van der Waals surface area contributed by atoms with Gasteiger partial charge in [-0.25, -0.2) is 15.0 Å². The number of nitrogens with two attached hydrogens (primary N) is 2. The van der Waals surface area contributed by atoms with E-state index in [0.717, 1.165) is 13.1 Å². The van der Waals surface area contributed by atoms with Crippen LogP contribution < -0.4 is 26.3 Å². The zero-order chi connectivity index (χ0) is 28.4. The lowest BCUT2D eigenvalue weighted by Crippen LogP contribution is -2.52. The number of allylic oxidation sites excluding steroid dienone is 1. The van der Waals surface area contributed by atoms with E-state index < -0.39 is 11.6 Å². The molecule has 2 atom stereocenters. The van der Waals surface area contributed by atoms with Crippen LogP contribution in [-0.2, 0) is 10.3 Å². The van der Waals surface area contributed by atoms with Gasteiger partial charge in [-0.3, -0.25) is 0 Å². The predicted molar refractivity (Wildman–Crippen MR) is 156 cm³/mol. The van der Waals surface area contributed by atoms with Gasteiger partial charge in [0.15, 0.2) is 0 Å². The summed E-state index contributed by atoms with van der Waals surface area (Å²) in [5.74, 6) is 2.48. The molecule has 40 heavy (non-hydrogen) atoms. The zero-order valence-corrected chi connectivity index (χ0v) is 23.9. The molecule has 1 aromatic carbocycles. The Balaban J connectivity index is 1.42. The second kappa shape index (κ2) is 11.6. The van der Waals surface area contributed by atoms with Crippen molar-refractivity contribution in [3.05, 3.63) is 76.5 Å². The van der Waals surface area contributed by atoms with Gasteiger partial charge in [0.05, 0.1) is 49.5 Å². The number of pyridine rings is 1. The highest BCUT2D eigenvalue weighted by Gasteiger charge is 2.36. The van der Waals surface area contributed by atoms with Crippen molar-refractivity contribution in [1.29, 1.82) is 0 Å². The molecule has 0 bridgehead atoms. The number of benzene rings is 1. The number of ether oxygens (including phenoxy) is 3. The van der Waals surface area contributed by atoms with E-state index in [1.165, 1.54) is 20.5 Å². The lowest BCUT2D eigenvalue weighted by Gasteiger charge is -2.37. The first kappa shape index (κ1) is 28.1. The maximum Gasteiger partial charge on any atom is 0.143 e. The van der Waals surface area contributed by atoms with E-state index in [2.05, 4.69) is 32.2 Å². The van der Waals surface area contributed by atoms with E-state index in [4.69, 9.17) is 48.9 Å². The van der Waals surface area contributed by atoms with Crippen molar-refractivity contribution >= 4 is 34.7 Å². The molecule has 2 aliphatic rings. The van der Waals surface area contributed by atoms with E-state index in [0.29, 0.717) is 58.2 Å². The second-order valence-electron chi connectivity index (χ2n) is 9.86. The van der Waals surface area contributed by atoms with Crippen LogP contribution in [0.3, 0.4) is 0 Å². The summed E-state index contributed by atoms with van der Waals surface area (Å²) in [6.07, 6.45) is 8.61. The molecule has 10 nitrogen and oxygen atoms in total. The molecule has 0 saturated carbocycles. The van der Waals surface area contributed by atoms with Gasteiger partial charge in [0.1, 0.15) is 39.4 Å². The molecule has 1 fully saturated rings. The Bertz CT molecular complexity index is 1430. The molecule has 5 rings (SSSR count). The standard InChI is InChI=1S/C28H31Cl2N7O3/c1-37-12-16(13-37)14-40-17-6-7-28(32,22(31)9-17)23-10-19(34-15-35-23)18-5-4-8-33-27(18)36-26-24(29)20(38-2)11-21(39-3)25(26)30/h4-11,15-16,22H,12-14,31-32H2,1-3H3,(H,33,36). The summed E-state index contributed by atoms with van der Waals surface area (Å²) >= 11 is 13.2. The van der Waals surface area contributed by atoms with Gasteiger partial charge in [-0.1, -0.05) is 29.3 Å². The minimum absolute atomic E-state index is 0.279. The van der Waals surface area contributed by atoms with Crippen LogP contribution in [0.25, 0.3) is 11.3 Å². The normalized spacial score (nSPS) is 21.0. The van der Waals surface area contributed by atoms with Crippen LogP contribution >= 0.6 is 23.2 Å². The monoisotopic (exact) mass is 583 g/mol. The highest BCUT2D eigenvalue weighted by molar-refractivity contribution is 6.41. The minimum Gasteiger partial charge on any atom is -0.495 e. The summed E-state index contributed by atoms with van der Waals surface area (Å²) in [5, 5.41) is 3.78. The van der Waals surface area contributed by atoms with Gasteiger partial charge in [0, 0.05) is 36.8 Å². The van der Waals surface area contributed by atoms with Gasteiger partial charge in [-0.2, -0.15) is 0 Å². The molecule has 1 aliphatic carbocycles. The molecule has 0 spiro atoms. The Morgan fingerprint density at radius 1 is 1.10 bits per heavy atom. The molecular weight excluding hydrogens is 553 g/mol. The molecule has 3 aromatic rings.